The zero-order valence-corrected chi connectivity index (χ0v) is 13.6. The first kappa shape index (κ1) is 15.3. The Morgan fingerprint density at radius 3 is 2.55 bits per heavy atom. The van der Waals surface area contributed by atoms with Crippen LogP contribution in [-0.4, -0.2) is 18.0 Å². The van der Waals surface area contributed by atoms with E-state index in [1.165, 1.54) is 0 Å². The van der Waals surface area contributed by atoms with E-state index < -0.39 is 0 Å². The van der Waals surface area contributed by atoms with E-state index >= 15 is 0 Å². The van der Waals surface area contributed by atoms with Crippen LogP contribution in [0.1, 0.15) is 32.3 Å². The molecule has 1 aromatic rings. The minimum Gasteiger partial charge on any atom is -0.366 e. The van der Waals surface area contributed by atoms with Crippen molar-refractivity contribution in [3.63, 3.8) is 0 Å². The molecule has 1 fully saturated rings. The van der Waals surface area contributed by atoms with E-state index in [1.54, 1.807) is 6.07 Å². The lowest BCUT2D eigenvalue weighted by molar-refractivity contribution is -0.384. The normalized spacial score (nSPS) is 16.7. The maximum absolute atomic E-state index is 11.3. The lowest BCUT2D eigenvalue weighted by Crippen LogP contribution is -2.35. The second-order valence-electron chi connectivity index (χ2n) is 5.78. The fraction of sp³-hybridized carbons (Fsp3) is 0.600. The van der Waals surface area contributed by atoms with Crippen LogP contribution in [0, 0.1) is 22.0 Å². The van der Waals surface area contributed by atoms with Crippen molar-refractivity contribution in [2.75, 3.05) is 18.0 Å². The third-order valence-electron chi connectivity index (χ3n) is 4.21. The molecule has 110 valence electrons. The zero-order chi connectivity index (χ0) is 14.7. The molecule has 4 nitrogen and oxygen atoms in total. The van der Waals surface area contributed by atoms with Crippen LogP contribution in [0.15, 0.2) is 18.2 Å². The summed E-state index contributed by atoms with van der Waals surface area (Å²) >= 11 is 3.35. The van der Waals surface area contributed by atoms with Crippen LogP contribution in [0.25, 0.3) is 0 Å². The van der Waals surface area contributed by atoms with Gasteiger partial charge in [-0.25, -0.2) is 0 Å². The number of hydrogen-bond acceptors (Lipinski definition) is 3. The van der Waals surface area contributed by atoms with Gasteiger partial charge in [-0.3, -0.25) is 10.1 Å². The first-order valence-corrected chi connectivity index (χ1v) is 8.23. The standard InChI is InChI=1S/C15H21BrN2O2/c1-11(2)13-5-7-17(8-6-13)14-4-3-12(10-16)9-15(14)18(19)20/h3-4,9,11,13H,5-8,10H2,1-2H3. The van der Waals surface area contributed by atoms with Crippen molar-refractivity contribution in [2.45, 2.75) is 32.0 Å². The molecule has 0 unspecified atom stereocenters. The van der Waals surface area contributed by atoms with Gasteiger partial charge in [0.2, 0.25) is 0 Å². The van der Waals surface area contributed by atoms with Crippen molar-refractivity contribution in [3.8, 4) is 0 Å². The van der Waals surface area contributed by atoms with Gasteiger partial charge in [0.25, 0.3) is 5.69 Å². The van der Waals surface area contributed by atoms with Gasteiger partial charge in [0, 0.05) is 24.5 Å². The third-order valence-corrected chi connectivity index (χ3v) is 4.86. The highest BCUT2D eigenvalue weighted by Crippen LogP contribution is 2.34. The SMILES string of the molecule is CC(C)C1CCN(c2ccc(CBr)cc2[N+](=O)[O-])CC1. The maximum Gasteiger partial charge on any atom is 0.292 e. The predicted molar refractivity (Wildman–Crippen MR) is 85.5 cm³/mol. The van der Waals surface area contributed by atoms with E-state index in [4.69, 9.17) is 0 Å². The van der Waals surface area contributed by atoms with E-state index in [0.717, 1.165) is 43.1 Å². The van der Waals surface area contributed by atoms with E-state index in [2.05, 4.69) is 34.7 Å². The summed E-state index contributed by atoms with van der Waals surface area (Å²) in [5.41, 5.74) is 1.93. The molecule has 20 heavy (non-hydrogen) atoms. The summed E-state index contributed by atoms with van der Waals surface area (Å²) in [6.07, 6.45) is 2.24. The molecule has 0 atom stereocenters. The van der Waals surface area contributed by atoms with E-state index in [9.17, 15) is 10.1 Å². The number of benzene rings is 1. The molecule has 5 heteroatoms. The molecule has 1 heterocycles. The van der Waals surface area contributed by atoms with Crippen LogP contribution in [0.4, 0.5) is 11.4 Å². The largest absolute Gasteiger partial charge is 0.366 e. The average Bonchev–Trinajstić information content (AvgIpc) is 2.46. The first-order chi connectivity index (χ1) is 9.52. The predicted octanol–water partition coefficient (Wildman–Crippen LogP) is 4.36. The second kappa shape index (κ2) is 6.57. The number of alkyl halides is 1. The highest BCUT2D eigenvalue weighted by Gasteiger charge is 2.26. The summed E-state index contributed by atoms with van der Waals surface area (Å²) in [5.74, 6) is 1.44. The van der Waals surface area contributed by atoms with E-state index in [1.807, 2.05) is 12.1 Å². The molecule has 1 saturated heterocycles. The van der Waals surface area contributed by atoms with E-state index in [-0.39, 0.29) is 10.6 Å². The number of hydrogen-bond donors (Lipinski definition) is 0. The van der Waals surface area contributed by atoms with Gasteiger partial charge in [0.15, 0.2) is 0 Å². The van der Waals surface area contributed by atoms with Gasteiger partial charge >= 0.3 is 0 Å². The minimum absolute atomic E-state index is 0.227. The lowest BCUT2D eigenvalue weighted by Gasteiger charge is -2.35. The molecule has 0 aromatic heterocycles. The maximum atomic E-state index is 11.3. The molecule has 0 spiro atoms. The monoisotopic (exact) mass is 340 g/mol. The van der Waals surface area contributed by atoms with Crippen molar-refractivity contribution < 1.29 is 4.92 Å². The summed E-state index contributed by atoms with van der Waals surface area (Å²) in [7, 11) is 0. The van der Waals surface area contributed by atoms with Gasteiger partial charge in [-0.1, -0.05) is 35.8 Å². The van der Waals surface area contributed by atoms with Crippen LogP contribution in [0.3, 0.4) is 0 Å². The second-order valence-corrected chi connectivity index (χ2v) is 6.34. The Labute approximate surface area is 128 Å². The Kier molecular flexibility index (Phi) is 5.02. The molecule has 0 N–H and O–H groups in total. The molecule has 1 aromatic carbocycles. The number of anilines is 1. The fourth-order valence-electron chi connectivity index (χ4n) is 2.87. The molecule has 0 radical (unpaired) electrons. The Hall–Kier alpha value is -1.10. The molecule has 0 aliphatic carbocycles. The molecule has 2 rings (SSSR count). The number of nitro groups is 1. The highest BCUT2D eigenvalue weighted by atomic mass is 79.9. The minimum atomic E-state index is -0.268. The number of halogens is 1. The molecule has 1 aliphatic rings. The number of nitro benzene ring substituents is 1. The fourth-order valence-corrected chi connectivity index (χ4v) is 3.22. The number of piperidine rings is 1. The van der Waals surface area contributed by atoms with Crippen molar-refractivity contribution in [3.05, 3.63) is 33.9 Å². The van der Waals surface area contributed by atoms with Gasteiger partial charge < -0.3 is 4.90 Å². The van der Waals surface area contributed by atoms with Crippen LogP contribution in [0.5, 0.6) is 0 Å². The van der Waals surface area contributed by atoms with Crippen LogP contribution < -0.4 is 4.90 Å². The van der Waals surface area contributed by atoms with Crippen molar-refractivity contribution >= 4 is 27.3 Å². The summed E-state index contributed by atoms with van der Waals surface area (Å²) in [5, 5.41) is 11.9. The topological polar surface area (TPSA) is 46.4 Å². The average molecular weight is 341 g/mol. The lowest BCUT2D eigenvalue weighted by atomic mass is 9.86. The summed E-state index contributed by atoms with van der Waals surface area (Å²) in [6, 6.07) is 5.54. The van der Waals surface area contributed by atoms with Crippen molar-refractivity contribution in [1.29, 1.82) is 0 Å². The highest BCUT2D eigenvalue weighted by molar-refractivity contribution is 9.08. The third kappa shape index (κ3) is 3.32. The first-order valence-electron chi connectivity index (χ1n) is 7.11. The number of nitrogens with zero attached hydrogens (tertiary/aromatic N) is 2. The van der Waals surface area contributed by atoms with Crippen LogP contribution >= 0.6 is 15.9 Å². The van der Waals surface area contributed by atoms with Crippen LogP contribution in [-0.2, 0) is 5.33 Å². The zero-order valence-electron chi connectivity index (χ0n) is 12.0. The molecule has 0 bridgehead atoms. The quantitative estimate of drug-likeness (QED) is 0.464. The Bertz CT molecular complexity index is 483. The summed E-state index contributed by atoms with van der Waals surface area (Å²) in [4.78, 5) is 13.2. The van der Waals surface area contributed by atoms with Crippen molar-refractivity contribution in [2.24, 2.45) is 11.8 Å². The molecule has 0 amide bonds. The van der Waals surface area contributed by atoms with Gasteiger partial charge in [0.1, 0.15) is 5.69 Å². The molecular weight excluding hydrogens is 320 g/mol. The summed E-state index contributed by atoms with van der Waals surface area (Å²) in [6.45, 7) is 6.34. The number of rotatable bonds is 4. The molecule has 1 aliphatic heterocycles. The molecule has 0 saturated carbocycles. The van der Waals surface area contributed by atoms with Crippen LogP contribution in [0.2, 0.25) is 0 Å². The van der Waals surface area contributed by atoms with E-state index in [0.29, 0.717) is 11.2 Å². The Balaban J connectivity index is 2.19. The Morgan fingerprint density at radius 2 is 2.05 bits per heavy atom. The Morgan fingerprint density at radius 1 is 1.40 bits per heavy atom. The molecular formula is C15H21BrN2O2. The smallest absolute Gasteiger partial charge is 0.292 e. The van der Waals surface area contributed by atoms with Gasteiger partial charge in [-0.15, -0.1) is 0 Å². The summed E-state index contributed by atoms with van der Waals surface area (Å²) < 4.78 is 0. The van der Waals surface area contributed by atoms with Gasteiger partial charge in [-0.05, 0) is 36.3 Å². The van der Waals surface area contributed by atoms with Crippen molar-refractivity contribution in [1.82, 2.24) is 0 Å². The van der Waals surface area contributed by atoms with Gasteiger partial charge in [-0.2, -0.15) is 0 Å². The van der Waals surface area contributed by atoms with Gasteiger partial charge in [0.05, 0.1) is 4.92 Å².